The Balaban J connectivity index is 1.75. The van der Waals surface area contributed by atoms with Crippen LogP contribution in [-0.2, 0) is 18.2 Å². The molecule has 6 nitrogen and oxygen atoms in total. The van der Waals surface area contributed by atoms with E-state index in [0.29, 0.717) is 0 Å². The van der Waals surface area contributed by atoms with E-state index in [9.17, 15) is 0 Å². The molecule has 1 N–H and O–H groups in total. The van der Waals surface area contributed by atoms with Crippen LogP contribution in [0.3, 0.4) is 0 Å². The van der Waals surface area contributed by atoms with Gasteiger partial charge in [0.25, 0.3) is 0 Å². The van der Waals surface area contributed by atoms with Crippen LogP contribution in [0.25, 0.3) is 0 Å². The zero-order valence-corrected chi connectivity index (χ0v) is 12.6. The van der Waals surface area contributed by atoms with E-state index in [1.807, 2.05) is 24.1 Å². The summed E-state index contributed by atoms with van der Waals surface area (Å²) in [6, 6.07) is 0.227. The number of aryl methyl sites for hydroxylation is 2. The summed E-state index contributed by atoms with van der Waals surface area (Å²) in [5.74, 6) is 0.896. The number of hydrogen-bond donors (Lipinski definition) is 1. The maximum absolute atomic E-state index is 5.94. The highest BCUT2D eigenvalue weighted by atomic mass is 32.1. The van der Waals surface area contributed by atoms with Crippen LogP contribution in [0.1, 0.15) is 37.3 Å². The minimum atomic E-state index is 0.0337. The van der Waals surface area contributed by atoms with Gasteiger partial charge in [0.1, 0.15) is 11.9 Å². The monoisotopic (exact) mass is 293 g/mol. The molecular formula is C13H19N5OS. The number of ether oxygens (including phenoxy) is 1. The third kappa shape index (κ3) is 2.83. The molecule has 1 saturated heterocycles. The molecule has 2 atom stereocenters. The zero-order valence-electron chi connectivity index (χ0n) is 11.7. The summed E-state index contributed by atoms with van der Waals surface area (Å²) in [5.41, 5.74) is 1.12. The molecule has 2 aromatic rings. The van der Waals surface area contributed by atoms with Gasteiger partial charge in [0, 0.05) is 43.4 Å². The van der Waals surface area contributed by atoms with Crippen molar-refractivity contribution < 1.29 is 4.74 Å². The first-order valence-corrected chi connectivity index (χ1v) is 7.73. The number of anilines is 1. The summed E-state index contributed by atoms with van der Waals surface area (Å²) in [7, 11) is 1.92. The van der Waals surface area contributed by atoms with Crippen molar-refractivity contribution in [1.29, 1.82) is 0 Å². The summed E-state index contributed by atoms with van der Waals surface area (Å²) in [4.78, 5) is 4.48. The van der Waals surface area contributed by atoms with Crippen molar-refractivity contribution in [2.45, 2.75) is 38.3 Å². The fraction of sp³-hybridized carbons (Fsp3) is 0.615. The van der Waals surface area contributed by atoms with Crippen LogP contribution in [-0.4, -0.2) is 31.8 Å². The predicted molar refractivity (Wildman–Crippen MR) is 77.8 cm³/mol. The molecular weight excluding hydrogens is 274 g/mol. The van der Waals surface area contributed by atoms with Gasteiger partial charge < -0.3 is 10.1 Å². The van der Waals surface area contributed by atoms with Crippen LogP contribution in [0.15, 0.2) is 12.4 Å². The molecule has 3 heterocycles. The normalized spacial score (nSPS) is 22.9. The van der Waals surface area contributed by atoms with Crippen LogP contribution in [0.4, 0.5) is 5.13 Å². The Kier molecular flexibility index (Phi) is 3.98. The number of nitrogens with zero attached hydrogens (tertiary/aromatic N) is 4. The Morgan fingerprint density at radius 1 is 1.55 bits per heavy atom. The van der Waals surface area contributed by atoms with Gasteiger partial charge in [0.15, 0.2) is 0 Å². The highest BCUT2D eigenvalue weighted by molar-refractivity contribution is 7.09. The van der Waals surface area contributed by atoms with Crippen molar-refractivity contribution in [2.75, 3.05) is 11.9 Å². The summed E-state index contributed by atoms with van der Waals surface area (Å²) in [6.07, 6.45) is 6.93. The highest BCUT2D eigenvalue weighted by Gasteiger charge is 2.29. The summed E-state index contributed by atoms with van der Waals surface area (Å²) in [6.45, 7) is 2.86. The second kappa shape index (κ2) is 5.88. The van der Waals surface area contributed by atoms with E-state index in [2.05, 4.69) is 26.7 Å². The van der Waals surface area contributed by atoms with E-state index >= 15 is 0 Å². The van der Waals surface area contributed by atoms with Crippen molar-refractivity contribution in [1.82, 2.24) is 19.1 Å². The minimum absolute atomic E-state index is 0.0337. The van der Waals surface area contributed by atoms with Gasteiger partial charge in [-0.2, -0.15) is 9.47 Å². The summed E-state index contributed by atoms with van der Waals surface area (Å²) in [5, 5.41) is 8.59. The molecule has 2 aromatic heterocycles. The zero-order chi connectivity index (χ0) is 13.9. The minimum Gasteiger partial charge on any atom is -0.371 e. The molecule has 3 rings (SSSR count). The number of hydrogen-bond acceptors (Lipinski definition) is 6. The third-order valence-electron chi connectivity index (χ3n) is 3.47. The largest absolute Gasteiger partial charge is 0.371 e. The van der Waals surface area contributed by atoms with Gasteiger partial charge in [-0.05, 0) is 12.8 Å². The smallest absolute Gasteiger partial charge is 0.202 e. The van der Waals surface area contributed by atoms with Gasteiger partial charge in [0.05, 0.1) is 12.2 Å². The van der Waals surface area contributed by atoms with E-state index < -0.39 is 0 Å². The van der Waals surface area contributed by atoms with E-state index in [0.717, 1.165) is 42.4 Å². The summed E-state index contributed by atoms with van der Waals surface area (Å²) < 4.78 is 12.1. The Bertz CT molecular complexity index is 567. The molecule has 7 heteroatoms. The van der Waals surface area contributed by atoms with Crippen LogP contribution in [0, 0.1) is 0 Å². The Morgan fingerprint density at radius 2 is 2.45 bits per heavy atom. The molecule has 0 bridgehead atoms. The SMILES string of the molecule is CCc1nsc(N[C@H]2CCCO[C@@H]2c2cnn(C)c2)n1. The van der Waals surface area contributed by atoms with Crippen molar-refractivity contribution in [3.05, 3.63) is 23.8 Å². The molecule has 0 amide bonds. The predicted octanol–water partition coefficient (Wildman–Crippen LogP) is 2.17. The van der Waals surface area contributed by atoms with Crippen molar-refractivity contribution in [3.8, 4) is 0 Å². The van der Waals surface area contributed by atoms with Crippen LogP contribution in [0.5, 0.6) is 0 Å². The highest BCUT2D eigenvalue weighted by Crippen LogP contribution is 2.30. The van der Waals surface area contributed by atoms with Gasteiger partial charge in [-0.3, -0.25) is 4.68 Å². The number of aromatic nitrogens is 4. The average molecular weight is 293 g/mol. The van der Waals surface area contributed by atoms with E-state index in [4.69, 9.17) is 4.74 Å². The Labute approximate surface area is 122 Å². The fourth-order valence-corrected chi connectivity index (χ4v) is 3.17. The maximum Gasteiger partial charge on any atom is 0.202 e. The molecule has 0 saturated carbocycles. The third-order valence-corrected chi connectivity index (χ3v) is 4.15. The first-order chi connectivity index (χ1) is 9.76. The Hall–Kier alpha value is -1.47. The molecule has 0 aliphatic carbocycles. The molecule has 0 radical (unpaired) electrons. The number of nitrogens with one attached hydrogen (secondary N) is 1. The van der Waals surface area contributed by atoms with Crippen LogP contribution >= 0.6 is 11.5 Å². The lowest BCUT2D eigenvalue weighted by Crippen LogP contribution is -2.33. The number of rotatable bonds is 4. The van der Waals surface area contributed by atoms with Gasteiger partial charge in [-0.15, -0.1) is 0 Å². The van der Waals surface area contributed by atoms with E-state index in [1.165, 1.54) is 11.5 Å². The second-order valence-corrected chi connectivity index (χ2v) is 5.75. The Morgan fingerprint density at radius 3 is 3.15 bits per heavy atom. The molecule has 1 aliphatic rings. The van der Waals surface area contributed by atoms with E-state index in [-0.39, 0.29) is 12.1 Å². The molecule has 0 unspecified atom stereocenters. The van der Waals surface area contributed by atoms with Gasteiger partial charge in [-0.1, -0.05) is 6.92 Å². The molecule has 108 valence electrons. The molecule has 20 heavy (non-hydrogen) atoms. The van der Waals surface area contributed by atoms with Crippen molar-refractivity contribution in [3.63, 3.8) is 0 Å². The van der Waals surface area contributed by atoms with Gasteiger partial charge >= 0.3 is 0 Å². The lowest BCUT2D eigenvalue weighted by molar-refractivity contribution is 0.00560. The van der Waals surface area contributed by atoms with Crippen molar-refractivity contribution >= 4 is 16.7 Å². The lowest BCUT2D eigenvalue weighted by atomic mass is 9.98. The standard InChI is InChI=1S/C13H19N5OS/c1-3-11-16-13(20-17-11)15-10-5-4-6-19-12(10)9-7-14-18(2)8-9/h7-8,10,12H,3-6H2,1-2H3,(H,15,16,17)/t10-,12+/m0/s1. The molecule has 0 aromatic carbocycles. The van der Waals surface area contributed by atoms with Crippen molar-refractivity contribution in [2.24, 2.45) is 7.05 Å². The van der Waals surface area contributed by atoms with Gasteiger partial charge in [-0.25, -0.2) is 4.98 Å². The average Bonchev–Trinajstić information content (AvgIpc) is 3.08. The second-order valence-electron chi connectivity index (χ2n) is 5.00. The first kappa shape index (κ1) is 13.5. The fourth-order valence-electron chi connectivity index (χ4n) is 2.46. The first-order valence-electron chi connectivity index (χ1n) is 6.95. The molecule has 1 aliphatic heterocycles. The van der Waals surface area contributed by atoms with Gasteiger partial charge in [0.2, 0.25) is 5.13 Å². The van der Waals surface area contributed by atoms with E-state index in [1.54, 1.807) is 0 Å². The quantitative estimate of drug-likeness (QED) is 0.936. The maximum atomic E-state index is 5.94. The van der Waals surface area contributed by atoms with Crippen LogP contribution in [0.2, 0.25) is 0 Å². The molecule has 1 fully saturated rings. The molecule has 0 spiro atoms. The lowest BCUT2D eigenvalue weighted by Gasteiger charge is -2.31. The summed E-state index contributed by atoms with van der Waals surface area (Å²) >= 11 is 1.42. The topological polar surface area (TPSA) is 64.9 Å². The van der Waals surface area contributed by atoms with Crippen LogP contribution < -0.4 is 5.32 Å².